The molecule has 0 saturated heterocycles. The van der Waals surface area contributed by atoms with Gasteiger partial charge in [-0.25, -0.2) is 0 Å². The van der Waals surface area contributed by atoms with Gasteiger partial charge in [0.05, 0.1) is 0 Å². The molecule has 28 valence electrons. The molecule has 0 heterocycles. The van der Waals surface area contributed by atoms with Crippen LogP contribution < -0.4 is 5.64 Å². The third-order valence-electron chi connectivity index (χ3n) is 0.187. The number of nitrogens with two attached hydrogens (primary N) is 1. The van der Waals surface area contributed by atoms with Crippen LogP contribution >= 0.6 is 0 Å². The molecule has 0 bridgehead atoms. The summed E-state index contributed by atoms with van der Waals surface area (Å²) in [5.41, 5.74) is 4.60. The minimum Gasteiger partial charge on any atom is -0.457 e. The molecule has 0 aliphatic rings. The minimum absolute atomic E-state index is 0.361. The normalized spacial score (nSPS) is 7.00. The van der Waals surface area contributed by atoms with Gasteiger partial charge in [-0.2, -0.15) is 0 Å². The van der Waals surface area contributed by atoms with Crippen molar-refractivity contribution in [3.05, 3.63) is 0 Å². The van der Waals surface area contributed by atoms with Gasteiger partial charge in [0, 0.05) is 0 Å². The first kappa shape index (κ1) is 5.01. The lowest BCUT2D eigenvalue weighted by molar-refractivity contribution is 0.564. The van der Waals surface area contributed by atoms with E-state index in [-0.39, 0.29) is 7.37 Å². The Morgan fingerprint density at radius 3 is 2.00 bits per heavy atom. The van der Waals surface area contributed by atoms with E-state index in [1.807, 2.05) is 0 Å². The highest BCUT2D eigenvalue weighted by atomic mass is 16.2. The maximum Gasteiger partial charge on any atom is 0.362 e. The summed E-state index contributed by atoms with van der Waals surface area (Å²) in [6.45, 7) is -1.06. The van der Waals surface area contributed by atoms with Gasteiger partial charge in [0.25, 0.3) is 7.37 Å². The van der Waals surface area contributed by atoms with Gasteiger partial charge >= 0.3 is 6.94 Å². The summed E-state index contributed by atoms with van der Waals surface area (Å²) in [4.78, 5) is 0. The summed E-state index contributed by atoms with van der Waals surface area (Å²) >= 11 is 0. The van der Waals surface area contributed by atoms with Crippen molar-refractivity contribution in [2.75, 3.05) is 0 Å². The third kappa shape index (κ3) is 4.01. The molecule has 0 saturated carbocycles. The fourth-order valence-electron chi connectivity index (χ4n) is 0. The molecular weight excluding hydrogens is 67.6 g/mol. The third-order valence-corrected chi connectivity index (χ3v) is 0.187. The second-order valence-electron chi connectivity index (χ2n) is 0.750. The van der Waals surface area contributed by atoms with Crippen molar-refractivity contribution in [1.29, 1.82) is 0 Å². The van der Waals surface area contributed by atoms with E-state index in [0.29, 0.717) is 0 Å². The molecule has 0 atom stereocenters. The molecule has 0 aromatic carbocycles. The summed E-state index contributed by atoms with van der Waals surface area (Å²) in [6, 6.07) is 0. The van der Waals surface area contributed by atoms with Crippen LogP contribution in [0.5, 0.6) is 0 Å². The second-order valence-corrected chi connectivity index (χ2v) is 0.750. The maximum absolute atomic E-state index is 7.89. The molecule has 0 spiro atoms. The molecule has 4 N–H and O–H groups in total. The predicted octanol–water partition coefficient (Wildman–Crippen LogP) is -2.73. The molecule has 0 aliphatic carbocycles. The Morgan fingerprint density at radius 2 is 2.00 bits per heavy atom. The molecule has 0 unspecified atom stereocenters. The smallest absolute Gasteiger partial charge is 0.362 e. The van der Waals surface area contributed by atoms with Crippen molar-refractivity contribution >= 4 is 14.3 Å². The standard InChI is InChI=1S/B2H5NO2/c3-2(5)1-4/h1,4-5H,3H2. The summed E-state index contributed by atoms with van der Waals surface area (Å²) in [5, 5.41) is 15.7. The van der Waals surface area contributed by atoms with Gasteiger partial charge < -0.3 is 15.7 Å². The average Bonchev–Trinajstić information content (AvgIpc) is 1.38. The van der Waals surface area contributed by atoms with E-state index in [1.165, 1.54) is 0 Å². The van der Waals surface area contributed by atoms with Gasteiger partial charge in [-0.1, -0.05) is 0 Å². The molecule has 0 aliphatic heterocycles. The number of rotatable bonds is 1. The Kier molecular flexibility index (Phi) is 2.26. The Bertz CT molecular complexity index is 21.6. The Labute approximate surface area is 31.2 Å². The van der Waals surface area contributed by atoms with Crippen molar-refractivity contribution < 1.29 is 10.0 Å². The molecule has 0 aromatic heterocycles. The second kappa shape index (κ2) is 2.26. The summed E-state index contributed by atoms with van der Waals surface area (Å²) in [7, 11) is -0.361. The lowest BCUT2D eigenvalue weighted by atomic mass is 9.54. The van der Waals surface area contributed by atoms with E-state index in [9.17, 15) is 0 Å². The maximum atomic E-state index is 7.89. The van der Waals surface area contributed by atoms with E-state index in [2.05, 4.69) is 5.64 Å². The highest BCUT2D eigenvalue weighted by molar-refractivity contribution is 7.03. The Morgan fingerprint density at radius 1 is 1.80 bits per heavy atom. The molecule has 0 radical (unpaired) electrons. The topological polar surface area (TPSA) is 66.5 Å². The van der Waals surface area contributed by atoms with Crippen LogP contribution in [-0.2, 0) is 0 Å². The molecule has 0 rings (SSSR count). The van der Waals surface area contributed by atoms with Crippen molar-refractivity contribution in [2.24, 2.45) is 5.64 Å². The predicted molar refractivity (Wildman–Crippen MR) is 21.5 cm³/mol. The van der Waals surface area contributed by atoms with Gasteiger partial charge in [0.1, 0.15) is 0 Å². The Balaban J connectivity index is 2.54. The van der Waals surface area contributed by atoms with E-state index in [4.69, 9.17) is 10.0 Å². The van der Waals surface area contributed by atoms with Crippen molar-refractivity contribution in [2.45, 2.75) is 0 Å². The summed E-state index contributed by atoms with van der Waals surface area (Å²) < 4.78 is 0. The molecule has 5 heavy (non-hydrogen) atoms. The van der Waals surface area contributed by atoms with Gasteiger partial charge in [-0.05, 0) is 0 Å². The SMILES string of the molecule is NB(O)BO. The zero-order chi connectivity index (χ0) is 4.28. The minimum atomic E-state index is -1.06. The first-order valence-corrected chi connectivity index (χ1v) is 1.32. The first-order chi connectivity index (χ1) is 2.27. The van der Waals surface area contributed by atoms with E-state index in [1.54, 1.807) is 0 Å². The van der Waals surface area contributed by atoms with Crippen LogP contribution in [0.25, 0.3) is 0 Å². The van der Waals surface area contributed by atoms with Crippen LogP contribution in [0, 0.1) is 0 Å². The van der Waals surface area contributed by atoms with Crippen molar-refractivity contribution in [3.8, 4) is 0 Å². The molecular formula is H5B2NO2. The molecule has 0 amide bonds. The summed E-state index contributed by atoms with van der Waals surface area (Å²) in [6.07, 6.45) is 0. The van der Waals surface area contributed by atoms with Crippen LogP contribution in [0.4, 0.5) is 0 Å². The fraction of sp³-hybridized carbons (Fsp3) is 0. The van der Waals surface area contributed by atoms with Gasteiger partial charge in [-0.3, -0.25) is 0 Å². The van der Waals surface area contributed by atoms with Gasteiger partial charge in [0.2, 0.25) is 0 Å². The zero-order valence-corrected chi connectivity index (χ0v) is 2.76. The molecule has 3 nitrogen and oxygen atoms in total. The summed E-state index contributed by atoms with van der Waals surface area (Å²) in [5.74, 6) is 0. The van der Waals surface area contributed by atoms with Crippen LogP contribution in [0.1, 0.15) is 0 Å². The van der Waals surface area contributed by atoms with Crippen molar-refractivity contribution in [1.82, 2.24) is 0 Å². The van der Waals surface area contributed by atoms with E-state index in [0.717, 1.165) is 0 Å². The first-order valence-electron chi connectivity index (χ1n) is 1.32. The van der Waals surface area contributed by atoms with E-state index >= 15 is 0 Å². The highest BCUT2D eigenvalue weighted by Gasteiger charge is 1.98. The van der Waals surface area contributed by atoms with Crippen molar-refractivity contribution in [3.63, 3.8) is 0 Å². The van der Waals surface area contributed by atoms with Crippen LogP contribution in [0.15, 0.2) is 0 Å². The quantitative estimate of drug-likeness (QED) is 0.295. The zero-order valence-electron chi connectivity index (χ0n) is 2.76. The average molecular weight is 72.7 g/mol. The monoisotopic (exact) mass is 73.1 g/mol. The van der Waals surface area contributed by atoms with Crippen LogP contribution in [0.3, 0.4) is 0 Å². The lowest BCUT2D eigenvalue weighted by Crippen LogP contribution is -2.32. The number of hydrogen-bond acceptors (Lipinski definition) is 3. The van der Waals surface area contributed by atoms with Crippen LogP contribution in [0.2, 0.25) is 0 Å². The molecule has 5 heteroatoms. The number of hydrogen-bond donors (Lipinski definition) is 3. The largest absolute Gasteiger partial charge is 0.457 e. The fourth-order valence-corrected chi connectivity index (χ4v) is 0. The van der Waals surface area contributed by atoms with Gasteiger partial charge in [0.15, 0.2) is 0 Å². The molecule has 0 fully saturated rings. The highest BCUT2D eigenvalue weighted by Crippen LogP contribution is 1.43. The Hall–Kier alpha value is 0.00987. The van der Waals surface area contributed by atoms with Crippen LogP contribution in [-0.4, -0.2) is 24.4 Å². The van der Waals surface area contributed by atoms with Gasteiger partial charge in [-0.15, -0.1) is 0 Å². The lowest BCUT2D eigenvalue weighted by Gasteiger charge is -1.80. The molecule has 0 aromatic rings. The van der Waals surface area contributed by atoms with E-state index < -0.39 is 6.94 Å².